The molecule has 1 amide bonds. The summed E-state index contributed by atoms with van der Waals surface area (Å²) in [6.45, 7) is 4.28. The van der Waals surface area contributed by atoms with Crippen molar-refractivity contribution in [3.05, 3.63) is 65.9 Å². The van der Waals surface area contributed by atoms with Crippen molar-refractivity contribution in [1.29, 1.82) is 0 Å². The molecule has 0 bridgehead atoms. The minimum atomic E-state index is -0.188. The summed E-state index contributed by atoms with van der Waals surface area (Å²) in [5, 5.41) is 7.38. The average Bonchev–Trinajstić information content (AvgIpc) is 3.04. The number of nitrogens with one attached hydrogen (secondary N) is 1. The molecule has 1 N–H and O–H groups in total. The van der Waals surface area contributed by atoms with Gasteiger partial charge in [-0.2, -0.15) is 5.10 Å². The van der Waals surface area contributed by atoms with Gasteiger partial charge in [0.25, 0.3) is 5.91 Å². The fourth-order valence-corrected chi connectivity index (χ4v) is 2.75. The van der Waals surface area contributed by atoms with Crippen LogP contribution in [-0.2, 0) is 7.05 Å². The maximum atomic E-state index is 12.6. The Bertz CT molecular complexity index is 911. The summed E-state index contributed by atoms with van der Waals surface area (Å²) < 4.78 is 6.84. The van der Waals surface area contributed by atoms with Crippen LogP contribution in [0.1, 0.15) is 35.8 Å². The Kier molecular flexibility index (Phi) is 5.07. The van der Waals surface area contributed by atoms with Gasteiger partial charge in [0.1, 0.15) is 11.4 Å². The van der Waals surface area contributed by atoms with E-state index in [2.05, 4.69) is 24.3 Å². The third-order valence-electron chi connectivity index (χ3n) is 4.31. The molecule has 0 unspecified atom stereocenters. The lowest BCUT2D eigenvalue weighted by Crippen LogP contribution is -2.16. The molecule has 3 rings (SSSR count). The van der Waals surface area contributed by atoms with Gasteiger partial charge < -0.3 is 10.1 Å². The Hall–Kier alpha value is -3.08. The molecule has 0 saturated carbocycles. The summed E-state index contributed by atoms with van der Waals surface area (Å²) in [7, 11) is 3.39. The van der Waals surface area contributed by atoms with Crippen LogP contribution in [0.4, 0.5) is 5.69 Å². The standard InChI is InChI=1S/C21H23N3O2/c1-14(2)15-8-10-17(11-9-15)22-21(25)20-13-19(23-24(20)3)16-6-5-7-18(12-16)26-4/h5-14H,1-4H3,(H,22,25). The summed E-state index contributed by atoms with van der Waals surface area (Å²) in [5.41, 5.74) is 4.13. The normalized spacial score (nSPS) is 10.8. The van der Waals surface area contributed by atoms with E-state index in [1.165, 1.54) is 5.56 Å². The van der Waals surface area contributed by atoms with E-state index in [1.807, 2.05) is 48.5 Å². The van der Waals surface area contributed by atoms with Crippen LogP contribution in [0.5, 0.6) is 5.75 Å². The molecule has 0 aliphatic rings. The predicted molar refractivity (Wildman–Crippen MR) is 104 cm³/mol. The molecule has 0 atom stereocenters. The van der Waals surface area contributed by atoms with E-state index in [9.17, 15) is 4.79 Å². The molecule has 0 aliphatic carbocycles. The first kappa shape index (κ1) is 17.7. The van der Waals surface area contributed by atoms with Crippen molar-refractivity contribution in [2.24, 2.45) is 7.05 Å². The number of aryl methyl sites for hydroxylation is 1. The molecule has 3 aromatic rings. The topological polar surface area (TPSA) is 56.1 Å². The van der Waals surface area contributed by atoms with Gasteiger partial charge in [-0.25, -0.2) is 0 Å². The van der Waals surface area contributed by atoms with Gasteiger partial charge in [0.2, 0.25) is 0 Å². The van der Waals surface area contributed by atoms with Crippen molar-refractivity contribution in [2.75, 3.05) is 12.4 Å². The lowest BCUT2D eigenvalue weighted by Gasteiger charge is -2.08. The summed E-state index contributed by atoms with van der Waals surface area (Å²) in [5.74, 6) is 1.03. The van der Waals surface area contributed by atoms with E-state index < -0.39 is 0 Å². The fraction of sp³-hybridized carbons (Fsp3) is 0.238. The molecule has 2 aromatic carbocycles. The molecule has 0 aliphatic heterocycles. The maximum absolute atomic E-state index is 12.6. The Morgan fingerprint density at radius 2 is 1.85 bits per heavy atom. The zero-order valence-corrected chi connectivity index (χ0v) is 15.5. The Labute approximate surface area is 153 Å². The minimum Gasteiger partial charge on any atom is -0.497 e. The van der Waals surface area contributed by atoms with E-state index in [0.29, 0.717) is 11.6 Å². The number of anilines is 1. The Balaban J connectivity index is 1.80. The van der Waals surface area contributed by atoms with Crippen LogP contribution < -0.4 is 10.1 Å². The molecule has 0 saturated heterocycles. The second-order valence-corrected chi connectivity index (χ2v) is 6.50. The molecule has 1 heterocycles. The van der Waals surface area contributed by atoms with Crippen LogP contribution in [0, 0.1) is 0 Å². The van der Waals surface area contributed by atoms with Gasteiger partial charge in [0, 0.05) is 18.3 Å². The van der Waals surface area contributed by atoms with Crippen LogP contribution in [0.3, 0.4) is 0 Å². The Morgan fingerprint density at radius 3 is 2.50 bits per heavy atom. The molecule has 5 heteroatoms. The number of ether oxygens (including phenoxy) is 1. The van der Waals surface area contributed by atoms with E-state index in [-0.39, 0.29) is 5.91 Å². The van der Waals surface area contributed by atoms with Crippen LogP contribution in [0.2, 0.25) is 0 Å². The number of hydrogen-bond donors (Lipinski definition) is 1. The van der Waals surface area contributed by atoms with Crippen molar-refractivity contribution in [1.82, 2.24) is 9.78 Å². The van der Waals surface area contributed by atoms with E-state index in [4.69, 9.17) is 4.74 Å². The van der Waals surface area contributed by atoms with E-state index in [1.54, 1.807) is 24.9 Å². The highest BCUT2D eigenvalue weighted by molar-refractivity contribution is 6.03. The maximum Gasteiger partial charge on any atom is 0.273 e. The highest BCUT2D eigenvalue weighted by Crippen LogP contribution is 2.24. The van der Waals surface area contributed by atoms with Gasteiger partial charge in [0.05, 0.1) is 12.8 Å². The molecule has 134 valence electrons. The van der Waals surface area contributed by atoms with Crippen molar-refractivity contribution in [3.8, 4) is 17.0 Å². The monoisotopic (exact) mass is 349 g/mol. The number of rotatable bonds is 5. The lowest BCUT2D eigenvalue weighted by atomic mass is 10.0. The van der Waals surface area contributed by atoms with E-state index in [0.717, 1.165) is 22.7 Å². The van der Waals surface area contributed by atoms with Gasteiger partial charge in [0.15, 0.2) is 0 Å². The van der Waals surface area contributed by atoms with Crippen molar-refractivity contribution in [2.45, 2.75) is 19.8 Å². The highest BCUT2D eigenvalue weighted by Gasteiger charge is 2.15. The quantitative estimate of drug-likeness (QED) is 0.739. The number of aromatic nitrogens is 2. The molecule has 0 spiro atoms. The van der Waals surface area contributed by atoms with Gasteiger partial charge in [-0.3, -0.25) is 9.48 Å². The first-order chi connectivity index (χ1) is 12.5. The second kappa shape index (κ2) is 7.44. The predicted octanol–water partition coefficient (Wildman–Crippen LogP) is 4.47. The zero-order valence-electron chi connectivity index (χ0n) is 15.5. The summed E-state index contributed by atoms with van der Waals surface area (Å²) in [6.07, 6.45) is 0. The number of methoxy groups -OCH3 is 1. The largest absolute Gasteiger partial charge is 0.497 e. The molecule has 0 radical (unpaired) electrons. The van der Waals surface area contributed by atoms with Gasteiger partial charge in [-0.1, -0.05) is 38.1 Å². The van der Waals surface area contributed by atoms with Crippen LogP contribution in [0.25, 0.3) is 11.3 Å². The molecule has 1 aromatic heterocycles. The molecular weight excluding hydrogens is 326 g/mol. The van der Waals surface area contributed by atoms with Crippen molar-refractivity contribution in [3.63, 3.8) is 0 Å². The lowest BCUT2D eigenvalue weighted by molar-refractivity contribution is 0.101. The molecular formula is C21H23N3O2. The third kappa shape index (κ3) is 3.77. The van der Waals surface area contributed by atoms with Gasteiger partial charge in [-0.05, 0) is 41.8 Å². The molecule has 5 nitrogen and oxygen atoms in total. The summed E-state index contributed by atoms with van der Waals surface area (Å²) in [6, 6.07) is 17.3. The number of hydrogen-bond acceptors (Lipinski definition) is 3. The van der Waals surface area contributed by atoms with Crippen LogP contribution >= 0.6 is 0 Å². The van der Waals surface area contributed by atoms with Gasteiger partial charge in [-0.15, -0.1) is 0 Å². The smallest absolute Gasteiger partial charge is 0.273 e. The zero-order chi connectivity index (χ0) is 18.7. The first-order valence-corrected chi connectivity index (χ1v) is 8.57. The number of benzene rings is 2. The van der Waals surface area contributed by atoms with E-state index >= 15 is 0 Å². The SMILES string of the molecule is COc1cccc(-c2cc(C(=O)Nc3ccc(C(C)C)cc3)n(C)n2)c1. The number of nitrogens with zero attached hydrogens (tertiary/aromatic N) is 2. The van der Waals surface area contributed by atoms with Crippen molar-refractivity contribution >= 4 is 11.6 Å². The number of amides is 1. The fourth-order valence-electron chi connectivity index (χ4n) is 2.75. The summed E-state index contributed by atoms with van der Waals surface area (Å²) in [4.78, 5) is 12.6. The van der Waals surface area contributed by atoms with Crippen LogP contribution in [0.15, 0.2) is 54.6 Å². The molecule has 0 fully saturated rings. The Morgan fingerprint density at radius 1 is 1.12 bits per heavy atom. The summed E-state index contributed by atoms with van der Waals surface area (Å²) >= 11 is 0. The minimum absolute atomic E-state index is 0.188. The number of carbonyl (C=O) groups is 1. The van der Waals surface area contributed by atoms with Crippen LogP contribution in [-0.4, -0.2) is 22.8 Å². The van der Waals surface area contributed by atoms with Crippen molar-refractivity contribution < 1.29 is 9.53 Å². The second-order valence-electron chi connectivity index (χ2n) is 6.50. The first-order valence-electron chi connectivity index (χ1n) is 8.57. The number of carbonyl (C=O) groups excluding carboxylic acids is 1. The average molecular weight is 349 g/mol. The van der Waals surface area contributed by atoms with Gasteiger partial charge >= 0.3 is 0 Å². The third-order valence-corrected chi connectivity index (χ3v) is 4.31. The molecule has 26 heavy (non-hydrogen) atoms. The highest BCUT2D eigenvalue weighted by atomic mass is 16.5.